The van der Waals surface area contributed by atoms with Gasteiger partial charge in [-0.15, -0.1) is 0 Å². The summed E-state index contributed by atoms with van der Waals surface area (Å²) in [7, 11) is 0. The Morgan fingerprint density at radius 2 is 1.50 bits per heavy atom. The van der Waals surface area contributed by atoms with Crippen LogP contribution in [0.2, 0.25) is 0 Å². The molecule has 1 fully saturated rings. The second kappa shape index (κ2) is 12.4. The van der Waals surface area contributed by atoms with E-state index in [2.05, 4.69) is 5.32 Å². The summed E-state index contributed by atoms with van der Waals surface area (Å²) in [5.41, 5.74) is 3.49. The first-order valence-corrected chi connectivity index (χ1v) is 13.3. The van der Waals surface area contributed by atoms with Gasteiger partial charge in [-0.1, -0.05) is 85.6 Å². The molecular formula is C29H30N2O4S. The molecule has 2 N–H and O–H groups in total. The van der Waals surface area contributed by atoms with E-state index in [9.17, 15) is 19.5 Å². The third kappa shape index (κ3) is 7.21. The Morgan fingerprint density at radius 1 is 0.889 bits per heavy atom. The van der Waals surface area contributed by atoms with Gasteiger partial charge < -0.3 is 10.4 Å². The number of aliphatic carboxylic acids is 1. The fourth-order valence-corrected chi connectivity index (χ4v) is 4.88. The van der Waals surface area contributed by atoms with Gasteiger partial charge in [0.2, 0.25) is 0 Å². The average Bonchev–Trinajstić information content (AvgIpc) is 3.74. The summed E-state index contributed by atoms with van der Waals surface area (Å²) in [5.74, 6) is -0.185. The summed E-state index contributed by atoms with van der Waals surface area (Å²) in [6, 6.07) is 25.0. The first-order chi connectivity index (χ1) is 17.5. The van der Waals surface area contributed by atoms with Gasteiger partial charge in [-0.2, -0.15) is 11.8 Å². The molecule has 186 valence electrons. The van der Waals surface area contributed by atoms with E-state index >= 15 is 0 Å². The van der Waals surface area contributed by atoms with E-state index in [0.29, 0.717) is 17.2 Å². The molecule has 1 aliphatic rings. The van der Waals surface area contributed by atoms with Gasteiger partial charge >= 0.3 is 12.0 Å². The van der Waals surface area contributed by atoms with Crippen LogP contribution >= 0.6 is 11.8 Å². The molecule has 0 bridgehead atoms. The van der Waals surface area contributed by atoms with Crippen LogP contribution in [0.25, 0.3) is 11.1 Å². The van der Waals surface area contributed by atoms with E-state index in [0.717, 1.165) is 40.9 Å². The Balaban J connectivity index is 1.42. The Morgan fingerprint density at radius 3 is 2.11 bits per heavy atom. The molecule has 0 aliphatic heterocycles. The quantitative estimate of drug-likeness (QED) is 0.352. The number of rotatable bonds is 11. The highest BCUT2D eigenvalue weighted by Crippen LogP contribution is 2.32. The SMILES string of the molecule is O=C(O)[C@H](CSCc1ccccc1)NC(=O)N(CCC1CC1)C(=O)c1ccc(-c2ccccc2)cc1. The van der Waals surface area contributed by atoms with Crippen LogP contribution in [-0.4, -0.2) is 46.3 Å². The smallest absolute Gasteiger partial charge is 0.327 e. The maximum Gasteiger partial charge on any atom is 0.327 e. The number of hydrogen-bond acceptors (Lipinski definition) is 4. The van der Waals surface area contributed by atoms with E-state index in [4.69, 9.17) is 0 Å². The molecule has 36 heavy (non-hydrogen) atoms. The Bertz CT molecular complexity index is 1160. The molecule has 0 unspecified atom stereocenters. The summed E-state index contributed by atoms with van der Waals surface area (Å²) in [6.07, 6.45) is 2.92. The molecule has 3 amide bonds. The molecule has 3 aromatic carbocycles. The zero-order valence-corrected chi connectivity index (χ0v) is 20.8. The predicted molar refractivity (Wildman–Crippen MR) is 143 cm³/mol. The monoisotopic (exact) mass is 502 g/mol. The minimum Gasteiger partial charge on any atom is -0.480 e. The molecule has 7 heteroatoms. The summed E-state index contributed by atoms with van der Waals surface area (Å²) in [5, 5.41) is 12.3. The molecule has 0 saturated heterocycles. The Labute approximate surface area is 215 Å². The first-order valence-electron chi connectivity index (χ1n) is 12.1. The largest absolute Gasteiger partial charge is 0.480 e. The zero-order valence-electron chi connectivity index (χ0n) is 20.0. The van der Waals surface area contributed by atoms with Crippen LogP contribution in [0.3, 0.4) is 0 Å². The third-order valence-corrected chi connectivity index (χ3v) is 7.29. The number of imide groups is 1. The molecule has 3 aromatic rings. The number of carbonyl (C=O) groups excluding carboxylic acids is 2. The van der Waals surface area contributed by atoms with Crippen LogP contribution in [0.5, 0.6) is 0 Å². The van der Waals surface area contributed by atoms with Gasteiger partial charge in [0.25, 0.3) is 5.91 Å². The van der Waals surface area contributed by atoms with Crippen molar-refractivity contribution < 1.29 is 19.5 Å². The number of hydrogen-bond donors (Lipinski definition) is 2. The molecule has 1 saturated carbocycles. The first kappa shape index (κ1) is 25.5. The highest BCUT2D eigenvalue weighted by molar-refractivity contribution is 7.98. The third-order valence-electron chi connectivity index (χ3n) is 6.18. The number of urea groups is 1. The Kier molecular flexibility index (Phi) is 8.79. The fraction of sp³-hybridized carbons (Fsp3) is 0.276. The number of carboxylic acids is 1. The Hall–Kier alpha value is -3.58. The molecule has 0 spiro atoms. The minimum absolute atomic E-state index is 0.201. The summed E-state index contributed by atoms with van der Waals surface area (Å²) in [6.45, 7) is 0.263. The number of benzene rings is 3. The summed E-state index contributed by atoms with van der Waals surface area (Å²) >= 11 is 1.43. The topological polar surface area (TPSA) is 86.7 Å². The normalized spacial score (nSPS) is 13.6. The molecular weight excluding hydrogens is 472 g/mol. The highest BCUT2D eigenvalue weighted by Gasteiger charge is 2.30. The van der Waals surface area contributed by atoms with Crippen molar-refractivity contribution in [2.45, 2.75) is 31.1 Å². The van der Waals surface area contributed by atoms with Crippen molar-refractivity contribution in [3.8, 4) is 11.1 Å². The number of carbonyl (C=O) groups is 3. The predicted octanol–water partition coefficient (Wildman–Crippen LogP) is 5.69. The summed E-state index contributed by atoms with van der Waals surface area (Å²) < 4.78 is 0. The zero-order chi connectivity index (χ0) is 25.3. The average molecular weight is 503 g/mol. The number of amides is 3. The van der Waals surface area contributed by atoms with Gasteiger partial charge in [0.15, 0.2) is 0 Å². The van der Waals surface area contributed by atoms with Crippen LogP contribution in [0.15, 0.2) is 84.9 Å². The maximum atomic E-state index is 13.3. The van der Waals surface area contributed by atoms with Crippen molar-refractivity contribution in [3.05, 3.63) is 96.1 Å². The molecule has 6 nitrogen and oxygen atoms in total. The van der Waals surface area contributed by atoms with Gasteiger partial charge in [0, 0.05) is 23.6 Å². The minimum atomic E-state index is -1.12. The second-order valence-corrected chi connectivity index (χ2v) is 10.0. The molecule has 0 heterocycles. The maximum absolute atomic E-state index is 13.3. The van der Waals surface area contributed by atoms with E-state index in [-0.39, 0.29) is 12.3 Å². The lowest BCUT2D eigenvalue weighted by Crippen LogP contribution is -2.51. The van der Waals surface area contributed by atoms with Crippen molar-refractivity contribution in [3.63, 3.8) is 0 Å². The van der Waals surface area contributed by atoms with Gasteiger partial charge in [-0.25, -0.2) is 9.59 Å². The van der Waals surface area contributed by atoms with Crippen LogP contribution < -0.4 is 5.32 Å². The highest BCUT2D eigenvalue weighted by atomic mass is 32.2. The summed E-state index contributed by atoms with van der Waals surface area (Å²) in [4.78, 5) is 39.5. The van der Waals surface area contributed by atoms with E-state index < -0.39 is 23.9 Å². The molecule has 0 aromatic heterocycles. The molecule has 1 aliphatic carbocycles. The lowest BCUT2D eigenvalue weighted by Gasteiger charge is -2.24. The van der Waals surface area contributed by atoms with Crippen molar-refractivity contribution in [1.29, 1.82) is 0 Å². The second-order valence-electron chi connectivity index (χ2n) is 8.97. The van der Waals surface area contributed by atoms with Crippen molar-refractivity contribution in [2.75, 3.05) is 12.3 Å². The van der Waals surface area contributed by atoms with Gasteiger partial charge in [0.05, 0.1) is 0 Å². The van der Waals surface area contributed by atoms with Gasteiger partial charge in [-0.05, 0) is 41.2 Å². The van der Waals surface area contributed by atoms with E-state index in [1.165, 1.54) is 11.8 Å². The van der Waals surface area contributed by atoms with Crippen molar-refractivity contribution in [2.24, 2.45) is 5.92 Å². The van der Waals surface area contributed by atoms with Crippen molar-refractivity contribution >= 4 is 29.7 Å². The van der Waals surface area contributed by atoms with Crippen molar-refractivity contribution in [1.82, 2.24) is 10.2 Å². The lowest BCUT2D eigenvalue weighted by molar-refractivity contribution is -0.138. The number of carboxylic acid groups (broad SMARTS) is 1. The number of nitrogens with zero attached hydrogens (tertiary/aromatic N) is 1. The standard InChI is InChI=1S/C29H30N2O4S/c32-27(25-15-13-24(14-16-25)23-9-5-2-6-10-23)31(18-17-21-11-12-21)29(35)30-26(28(33)34)20-36-19-22-7-3-1-4-8-22/h1-10,13-16,21,26H,11-12,17-20H2,(H,30,35)(H,33,34)/t26-/m0/s1. The van der Waals surface area contributed by atoms with E-state index in [1.807, 2.05) is 72.8 Å². The van der Waals surface area contributed by atoms with Crippen LogP contribution in [-0.2, 0) is 10.5 Å². The number of nitrogens with one attached hydrogen (secondary N) is 1. The van der Waals surface area contributed by atoms with Crippen LogP contribution in [0, 0.1) is 5.92 Å². The molecule has 4 rings (SSSR count). The van der Waals surface area contributed by atoms with Crippen LogP contribution in [0.1, 0.15) is 35.2 Å². The van der Waals surface area contributed by atoms with Crippen LogP contribution in [0.4, 0.5) is 4.79 Å². The fourth-order valence-electron chi connectivity index (χ4n) is 3.88. The number of thioether (sulfide) groups is 1. The molecule has 1 atom stereocenters. The molecule has 0 radical (unpaired) electrons. The van der Waals surface area contributed by atoms with E-state index in [1.54, 1.807) is 12.1 Å². The lowest BCUT2D eigenvalue weighted by atomic mass is 10.0. The van der Waals surface area contributed by atoms with Gasteiger partial charge in [0.1, 0.15) is 6.04 Å². The van der Waals surface area contributed by atoms with Gasteiger partial charge in [-0.3, -0.25) is 9.69 Å².